The van der Waals surface area contributed by atoms with E-state index in [1.54, 1.807) is 0 Å². The topological polar surface area (TPSA) is 97.0 Å². The summed E-state index contributed by atoms with van der Waals surface area (Å²) in [5.41, 5.74) is 0.850. The van der Waals surface area contributed by atoms with Gasteiger partial charge in [0.15, 0.2) is 0 Å². The number of hydrogen-bond donors (Lipinski definition) is 2. The number of alkyl halides is 2. The molecule has 26 heavy (non-hydrogen) atoms. The van der Waals surface area contributed by atoms with Crippen molar-refractivity contribution in [2.75, 3.05) is 23.3 Å². The van der Waals surface area contributed by atoms with Gasteiger partial charge in [0.25, 0.3) is 0 Å². The quantitative estimate of drug-likeness (QED) is 0.829. The zero-order valence-electron chi connectivity index (χ0n) is 13.9. The second kappa shape index (κ2) is 7.14. The number of nitrogens with one attached hydrogen (secondary N) is 2. The molecular weight excluding hydrogens is 352 g/mol. The average molecular weight is 369 g/mol. The maximum atomic E-state index is 13.7. The lowest BCUT2D eigenvalue weighted by Crippen LogP contribution is -2.33. The van der Waals surface area contributed by atoms with Gasteiger partial charge in [-0.3, -0.25) is 15.0 Å². The SMILES string of the molecule is CC(=O)NCC1CN(c2cc(CF)c3c(c2CF)COC(=O)N3)C(=O)O1. The first kappa shape index (κ1) is 17.9. The summed E-state index contributed by atoms with van der Waals surface area (Å²) in [7, 11) is 0. The van der Waals surface area contributed by atoms with E-state index in [0.717, 1.165) is 0 Å². The molecule has 1 saturated heterocycles. The first-order chi connectivity index (χ1) is 12.4. The van der Waals surface area contributed by atoms with Crippen molar-refractivity contribution in [1.29, 1.82) is 0 Å². The number of cyclic esters (lactones) is 2. The Morgan fingerprint density at radius 1 is 1.38 bits per heavy atom. The van der Waals surface area contributed by atoms with Crippen molar-refractivity contribution in [2.24, 2.45) is 0 Å². The zero-order chi connectivity index (χ0) is 18.8. The fraction of sp³-hybridized carbons (Fsp3) is 0.438. The van der Waals surface area contributed by atoms with Crippen molar-refractivity contribution < 1.29 is 32.6 Å². The Labute approximate surface area is 147 Å². The molecule has 1 unspecified atom stereocenters. The van der Waals surface area contributed by atoms with Crippen LogP contribution >= 0.6 is 0 Å². The maximum Gasteiger partial charge on any atom is 0.414 e. The van der Waals surface area contributed by atoms with Crippen LogP contribution in [0.3, 0.4) is 0 Å². The lowest BCUT2D eigenvalue weighted by atomic mass is 9.98. The number of carbonyl (C=O) groups excluding carboxylic acids is 3. The molecule has 0 aromatic heterocycles. The van der Waals surface area contributed by atoms with Gasteiger partial charge in [-0.1, -0.05) is 0 Å². The van der Waals surface area contributed by atoms with Gasteiger partial charge in [-0.25, -0.2) is 18.4 Å². The number of fused-ring (bicyclic) bond motifs is 1. The molecule has 2 heterocycles. The molecule has 0 aliphatic carbocycles. The van der Waals surface area contributed by atoms with Gasteiger partial charge in [0.2, 0.25) is 5.91 Å². The molecule has 2 aliphatic heterocycles. The number of amides is 3. The Bertz CT molecular complexity index is 771. The van der Waals surface area contributed by atoms with E-state index in [1.165, 1.54) is 17.9 Å². The van der Waals surface area contributed by atoms with E-state index < -0.39 is 31.6 Å². The van der Waals surface area contributed by atoms with Crippen LogP contribution in [0.2, 0.25) is 0 Å². The first-order valence-electron chi connectivity index (χ1n) is 7.90. The molecule has 1 atom stereocenters. The minimum atomic E-state index is -0.941. The lowest BCUT2D eigenvalue weighted by molar-refractivity contribution is -0.119. The highest BCUT2D eigenvalue weighted by Crippen LogP contribution is 2.38. The van der Waals surface area contributed by atoms with E-state index in [4.69, 9.17) is 9.47 Å². The molecule has 2 aliphatic rings. The van der Waals surface area contributed by atoms with E-state index in [2.05, 4.69) is 10.6 Å². The molecule has 0 saturated carbocycles. The lowest BCUT2D eigenvalue weighted by Gasteiger charge is -2.26. The molecule has 2 N–H and O–H groups in total. The van der Waals surface area contributed by atoms with Crippen molar-refractivity contribution in [3.8, 4) is 0 Å². The second-order valence-electron chi connectivity index (χ2n) is 5.91. The van der Waals surface area contributed by atoms with Crippen LogP contribution in [0.1, 0.15) is 23.6 Å². The number of anilines is 2. The second-order valence-corrected chi connectivity index (χ2v) is 5.91. The van der Waals surface area contributed by atoms with Crippen LogP contribution in [0.4, 0.5) is 29.7 Å². The predicted octanol–water partition coefficient (Wildman–Crippen LogP) is 2.15. The number of rotatable bonds is 5. The van der Waals surface area contributed by atoms with Gasteiger partial charge >= 0.3 is 12.2 Å². The van der Waals surface area contributed by atoms with Crippen LogP contribution in [0.5, 0.6) is 0 Å². The highest BCUT2D eigenvalue weighted by Gasteiger charge is 2.36. The van der Waals surface area contributed by atoms with Gasteiger partial charge in [0.1, 0.15) is 26.1 Å². The van der Waals surface area contributed by atoms with Crippen LogP contribution in [0, 0.1) is 0 Å². The smallest absolute Gasteiger partial charge is 0.414 e. The Kier molecular flexibility index (Phi) is 4.92. The van der Waals surface area contributed by atoms with Gasteiger partial charge in [-0.15, -0.1) is 0 Å². The van der Waals surface area contributed by atoms with Crippen molar-refractivity contribution in [3.63, 3.8) is 0 Å². The summed E-state index contributed by atoms with van der Waals surface area (Å²) in [5, 5.41) is 4.92. The normalized spacial score (nSPS) is 18.7. The summed E-state index contributed by atoms with van der Waals surface area (Å²) in [6, 6.07) is 1.32. The number of nitrogens with zero attached hydrogens (tertiary/aromatic N) is 1. The number of hydrogen-bond acceptors (Lipinski definition) is 5. The average Bonchev–Trinajstić information content (AvgIpc) is 2.99. The monoisotopic (exact) mass is 369 g/mol. The molecule has 1 fully saturated rings. The standard InChI is InChI=1S/C16H17F2N3O5/c1-8(22)19-5-10-6-21(16(24)26-10)13-2-9(3-17)14-12(11(13)4-18)7-25-15(23)20-14/h2,10H,3-7H2,1H3,(H,19,22)(H,20,23). The van der Waals surface area contributed by atoms with Crippen molar-refractivity contribution in [1.82, 2.24) is 5.32 Å². The number of ether oxygens (including phenoxy) is 2. The molecule has 1 aromatic rings. The highest BCUT2D eigenvalue weighted by molar-refractivity contribution is 5.95. The minimum absolute atomic E-state index is 0.0733. The Morgan fingerprint density at radius 3 is 2.81 bits per heavy atom. The van der Waals surface area contributed by atoms with E-state index in [1.807, 2.05) is 0 Å². The molecule has 0 bridgehead atoms. The molecular formula is C16H17F2N3O5. The van der Waals surface area contributed by atoms with Gasteiger partial charge in [0.05, 0.1) is 24.5 Å². The van der Waals surface area contributed by atoms with Crippen LogP contribution in [-0.4, -0.2) is 37.3 Å². The number of benzene rings is 1. The molecule has 10 heteroatoms. The van der Waals surface area contributed by atoms with Crippen molar-refractivity contribution >= 4 is 29.5 Å². The van der Waals surface area contributed by atoms with E-state index in [0.29, 0.717) is 0 Å². The molecule has 8 nitrogen and oxygen atoms in total. The fourth-order valence-corrected chi connectivity index (χ4v) is 2.99. The van der Waals surface area contributed by atoms with Gasteiger partial charge < -0.3 is 14.8 Å². The van der Waals surface area contributed by atoms with Gasteiger partial charge in [0, 0.05) is 23.6 Å². The largest absolute Gasteiger partial charge is 0.444 e. The zero-order valence-corrected chi connectivity index (χ0v) is 13.9. The summed E-state index contributed by atoms with van der Waals surface area (Å²) < 4.78 is 37.2. The van der Waals surface area contributed by atoms with Gasteiger partial charge in [-0.05, 0) is 6.07 Å². The van der Waals surface area contributed by atoms with E-state index in [-0.39, 0.29) is 53.7 Å². The third kappa shape index (κ3) is 3.26. The molecule has 3 amide bonds. The third-order valence-electron chi connectivity index (χ3n) is 4.20. The summed E-state index contributed by atoms with van der Waals surface area (Å²) in [4.78, 5) is 35.8. The predicted molar refractivity (Wildman–Crippen MR) is 86.2 cm³/mol. The third-order valence-corrected chi connectivity index (χ3v) is 4.20. The molecule has 1 aromatic carbocycles. The molecule has 0 radical (unpaired) electrons. The maximum absolute atomic E-state index is 13.7. The number of carbonyl (C=O) groups is 3. The highest BCUT2D eigenvalue weighted by atomic mass is 19.1. The molecule has 3 rings (SSSR count). The summed E-state index contributed by atoms with van der Waals surface area (Å²) >= 11 is 0. The summed E-state index contributed by atoms with van der Waals surface area (Å²) in [6.45, 7) is -0.559. The summed E-state index contributed by atoms with van der Waals surface area (Å²) in [5.74, 6) is -0.273. The van der Waals surface area contributed by atoms with Crippen LogP contribution in [0.25, 0.3) is 0 Å². The van der Waals surface area contributed by atoms with Crippen LogP contribution in [0.15, 0.2) is 6.07 Å². The number of halogens is 2. The van der Waals surface area contributed by atoms with Crippen LogP contribution < -0.4 is 15.5 Å². The minimum Gasteiger partial charge on any atom is -0.444 e. The van der Waals surface area contributed by atoms with Crippen molar-refractivity contribution in [3.05, 3.63) is 22.8 Å². The fourth-order valence-electron chi connectivity index (χ4n) is 2.99. The van der Waals surface area contributed by atoms with Crippen LogP contribution in [-0.2, 0) is 34.2 Å². The Morgan fingerprint density at radius 2 is 2.15 bits per heavy atom. The first-order valence-corrected chi connectivity index (χ1v) is 7.90. The molecule has 0 spiro atoms. The van der Waals surface area contributed by atoms with E-state index >= 15 is 0 Å². The van der Waals surface area contributed by atoms with E-state index in [9.17, 15) is 23.2 Å². The molecule has 140 valence electrons. The summed E-state index contributed by atoms with van der Waals surface area (Å²) in [6.07, 6.45) is -2.08. The Balaban J connectivity index is 1.96. The Hall–Kier alpha value is -2.91. The van der Waals surface area contributed by atoms with Gasteiger partial charge in [-0.2, -0.15) is 0 Å². The van der Waals surface area contributed by atoms with Crippen molar-refractivity contribution in [2.45, 2.75) is 33.0 Å².